The van der Waals surface area contributed by atoms with Crippen LogP contribution >= 0.6 is 0 Å². The first-order valence-corrected chi connectivity index (χ1v) is 33.8. The molecule has 1 amide bonds. The van der Waals surface area contributed by atoms with Crippen molar-refractivity contribution in [1.82, 2.24) is 5.32 Å². The van der Waals surface area contributed by atoms with E-state index in [1.807, 2.05) is 6.08 Å². The van der Waals surface area contributed by atoms with E-state index in [4.69, 9.17) is 4.74 Å². The lowest BCUT2D eigenvalue weighted by Gasteiger charge is -2.20. The molecule has 0 aliphatic rings. The highest BCUT2D eigenvalue weighted by Gasteiger charge is 2.18. The molecule has 0 saturated carbocycles. The lowest BCUT2D eigenvalue weighted by atomic mass is 10.0. The van der Waals surface area contributed by atoms with E-state index in [0.717, 1.165) is 51.4 Å². The van der Waals surface area contributed by atoms with Gasteiger partial charge in [0.25, 0.3) is 0 Å². The van der Waals surface area contributed by atoms with Crippen molar-refractivity contribution in [3.8, 4) is 0 Å². The van der Waals surface area contributed by atoms with E-state index >= 15 is 0 Å². The van der Waals surface area contributed by atoms with Crippen LogP contribution in [-0.4, -0.2) is 47.4 Å². The van der Waals surface area contributed by atoms with Crippen molar-refractivity contribution in [2.24, 2.45) is 0 Å². The molecular formula is C69H131NO5. The standard InChI is InChI=1S/C69H131NO5/c1-3-5-7-9-11-13-15-16-17-18-34-37-40-43-47-51-55-59-63-69(74)75-64-60-56-52-48-44-41-38-35-32-30-28-26-24-22-20-19-21-23-25-27-29-31-33-36-39-42-46-50-54-58-62-68(73)70-66(65-71)67(72)61-57-53-49-45-14-12-10-8-6-4-2/h13,15,17-18,57,61,66-67,71-72H,3-12,14,16,19-56,58-60,62-65H2,1-2H3,(H,70,73)/b15-13-,18-17-,61-57+. The summed E-state index contributed by atoms with van der Waals surface area (Å²) in [5.74, 6) is -0.0525. The van der Waals surface area contributed by atoms with Gasteiger partial charge in [-0.15, -0.1) is 0 Å². The molecule has 0 aromatic heterocycles. The quantitative estimate of drug-likeness (QED) is 0.0320. The average Bonchev–Trinajstić information content (AvgIpc) is 3.41. The number of hydrogen-bond donors (Lipinski definition) is 3. The van der Waals surface area contributed by atoms with E-state index < -0.39 is 12.1 Å². The number of aliphatic hydroxyl groups is 2. The number of hydrogen-bond acceptors (Lipinski definition) is 5. The van der Waals surface area contributed by atoms with Gasteiger partial charge in [0.15, 0.2) is 0 Å². The van der Waals surface area contributed by atoms with Crippen molar-refractivity contribution < 1.29 is 24.5 Å². The average molecular weight is 1050 g/mol. The topological polar surface area (TPSA) is 95.9 Å². The highest BCUT2D eigenvalue weighted by atomic mass is 16.5. The van der Waals surface area contributed by atoms with Crippen LogP contribution in [0.5, 0.6) is 0 Å². The number of rotatable bonds is 63. The summed E-state index contributed by atoms with van der Waals surface area (Å²) in [7, 11) is 0. The Kier molecular flexibility index (Phi) is 63.0. The molecule has 6 nitrogen and oxygen atoms in total. The van der Waals surface area contributed by atoms with Gasteiger partial charge in [-0.05, 0) is 64.2 Å². The summed E-state index contributed by atoms with van der Waals surface area (Å²) < 4.78 is 5.50. The Balaban J connectivity index is 3.31. The highest BCUT2D eigenvalue weighted by Crippen LogP contribution is 2.18. The van der Waals surface area contributed by atoms with Crippen LogP contribution in [0.4, 0.5) is 0 Å². The Morgan fingerprint density at radius 3 is 1.03 bits per heavy atom. The Bertz CT molecular complexity index is 1210. The predicted octanol–water partition coefficient (Wildman–Crippen LogP) is 21.5. The van der Waals surface area contributed by atoms with Gasteiger partial charge in [0.2, 0.25) is 5.91 Å². The second-order valence-electron chi connectivity index (χ2n) is 23.2. The molecule has 6 heteroatoms. The molecule has 0 saturated heterocycles. The summed E-state index contributed by atoms with van der Waals surface area (Å²) >= 11 is 0. The minimum absolute atomic E-state index is 0.0125. The van der Waals surface area contributed by atoms with E-state index in [0.29, 0.717) is 19.4 Å². The van der Waals surface area contributed by atoms with Gasteiger partial charge in [-0.1, -0.05) is 326 Å². The van der Waals surface area contributed by atoms with Crippen molar-refractivity contribution in [3.05, 3.63) is 36.5 Å². The normalized spacial score (nSPS) is 12.7. The smallest absolute Gasteiger partial charge is 0.305 e. The van der Waals surface area contributed by atoms with Crippen molar-refractivity contribution in [1.29, 1.82) is 0 Å². The zero-order valence-corrected chi connectivity index (χ0v) is 50.5. The third kappa shape index (κ3) is 61.2. The Hall–Kier alpha value is -1.92. The Morgan fingerprint density at radius 1 is 0.373 bits per heavy atom. The first-order chi connectivity index (χ1) is 37.0. The predicted molar refractivity (Wildman–Crippen MR) is 329 cm³/mol. The maximum atomic E-state index is 12.4. The molecule has 0 bridgehead atoms. The number of nitrogens with one attached hydrogen (secondary N) is 1. The van der Waals surface area contributed by atoms with Crippen molar-refractivity contribution in [2.45, 2.75) is 379 Å². The molecule has 75 heavy (non-hydrogen) atoms. The fourth-order valence-electron chi connectivity index (χ4n) is 10.5. The number of allylic oxidation sites excluding steroid dienone is 5. The molecule has 3 N–H and O–H groups in total. The monoisotopic (exact) mass is 1050 g/mol. The summed E-state index contributed by atoms with van der Waals surface area (Å²) in [6, 6.07) is -0.623. The number of esters is 1. The molecule has 0 radical (unpaired) electrons. The molecule has 0 rings (SSSR count). The summed E-state index contributed by atoms with van der Waals surface area (Å²) in [5.41, 5.74) is 0. The van der Waals surface area contributed by atoms with Gasteiger partial charge in [-0.3, -0.25) is 9.59 Å². The Morgan fingerprint density at radius 2 is 0.667 bits per heavy atom. The first-order valence-electron chi connectivity index (χ1n) is 33.8. The Labute approximate surface area is 468 Å². The number of amides is 1. The van der Waals surface area contributed by atoms with Crippen LogP contribution in [0, 0.1) is 0 Å². The molecule has 0 fully saturated rings. The van der Waals surface area contributed by atoms with Crippen LogP contribution in [-0.2, 0) is 14.3 Å². The second kappa shape index (κ2) is 64.6. The van der Waals surface area contributed by atoms with Gasteiger partial charge in [-0.25, -0.2) is 0 Å². The fraction of sp³-hybridized carbons (Fsp3) is 0.884. The van der Waals surface area contributed by atoms with Gasteiger partial charge in [0.1, 0.15) is 0 Å². The van der Waals surface area contributed by atoms with Crippen LogP contribution in [0.1, 0.15) is 367 Å². The maximum absolute atomic E-state index is 12.4. The minimum atomic E-state index is -0.840. The summed E-state index contributed by atoms with van der Waals surface area (Å²) in [6.07, 6.45) is 82.3. The van der Waals surface area contributed by atoms with Gasteiger partial charge < -0.3 is 20.3 Å². The summed E-state index contributed by atoms with van der Waals surface area (Å²) in [6.45, 7) is 4.89. The third-order valence-corrected chi connectivity index (χ3v) is 15.7. The van der Waals surface area contributed by atoms with Crippen molar-refractivity contribution >= 4 is 11.9 Å². The molecule has 0 aliphatic carbocycles. The van der Waals surface area contributed by atoms with Gasteiger partial charge >= 0.3 is 5.97 Å². The molecule has 2 unspecified atom stereocenters. The molecular weight excluding hydrogens is 923 g/mol. The number of ether oxygens (including phenoxy) is 1. The lowest BCUT2D eigenvalue weighted by molar-refractivity contribution is -0.143. The number of carbonyl (C=O) groups is 2. The fourth-order valence-corrected chi connectivity index (χ4v) is 10.5. The van der Waals surface area contributed by atoms with E-state index in [1.165, 1.54) is 289 Å². The summed E-state index contributed by atoms with van der Waals surface area (Å²) in [5, 5.41) is 23.0. The van der Waals surface area contributed by atoms with Gasteiger partial charge in [0.05, 0.1) is 25.4 Å². The van der Waals surface area contributed by atoms with E-state index in [-0.39, 0.29) is 18.5 Å². The minimum Gasteiger partial charge on any atom is -0.466 e. The number of unbranched alkanes of at least 4 members (excludes halogenated alkanes) is 48. The van der Waals surface area contributed by atoms with Gasteiger partial charge in [-0.2, -0.15) is 0 Å². The second-order valence-corrected chi connectivity index (χ2v) is 23.2. The zero-order valence-electron chi connectivity index (χ0n) is 50.5. The van der Waals surface area contributed by atoms with E-state index in [2.05, 4.69) is 43.5 Å². The van der Waals surface area contributed by atoms with Crippen molar-refractivity contribution in [2.75, 3.05) is 13.2 Å². The molecule has 0 heterocycles. The van der Waals surface area contributed by atoms with Crippen molar-refractivity contribution in [3.63, 3.8) is 0 Å². The molecule has 0 aliphatic heterocycles. The molecule has 0 aromatic rings. The molecule has 0 spiro atoms. The molecule has 0 aromatic carbocycles. The lowest BCUT2D eigenvalue weighted by Crippen LogP contribution is -2.45. The third-order valence-electron chi connectivity index (χ3n) is 15.7. The van der Waals surface area contributed by atoms with Crippen LogP contribution < -0.4 is 5.32 Å². The summed E-state index contributed by atoms with van der Waals surface area (Å²) in [4.78, 5) is 24.5. The van der Waals surface area contributed by atoms with E-state index in [1.54, 1.807) is 6.08 Å². The van der Waals surface area contributed by atoms with Crippen LogP contribution in [0.25, 0.3) is 0 Å². The van der Waals surface area contributed by atoms with E-state index in [9.17, 15) is 19.8 Å². The number of aliphatic hydroxyl groups excluding tert-OH is 2. The van der Waals surface area contributed by atoms with Crippen LogP contribution in [0.15, 0.2) is 36.5 Å². The number of carbonyl (C=O) groups excluding carboxylic acids is 2. The first kappa shape index (κ1) is 73.1. The largest absolute Gasteiger partial charge is 0.466 e. The SMILES string of the molecule is CCCCCC/C=C\C/C=C\CCCCCCCCCC(=O)OCCCCCCCCCCCCCCCCCCCCCCCCCCCCCCCCC(=O)NC(CO)C(O)/C=C/CCCCCCCCCC. The maximum Gasteiger partial charge on any atom is 0.305 e. The van der Waals surface area contributed by atoms with Crippen LogP contribution in [0.2, 0.25) is 0 Å². The molecule has 2 atom stereocenters. The van der Waals surface area contributed by atoms with Crippen LogP contribution in [0.3, 0.4) is 0 Å². The zero-order chi connectivity index (χ0) is 54.3. The highest BCUT2D eigenvalue weighted by molar-refractivity contribution is 5.76. The van der Waals surface area contributed by atoms with Gasteiger partial charge in [0, 0.05) is 12.8 Å². The molecule has 442 valence electrons.